The maximum absolute atomic E-state index is 11.3. The van der Waals surface area contributed by atoms with E-state index in [4.69, 9.17) is 0 Å². The Morgan fingerprint density at radius 3 is 2.71 bits per heavy atom. The molecule has 0 spiro atoms. The first-order chi connectivity index (χ1) is 7.91. The van der Waals surface area contributed by atoms with Gasteiger partial charge in [-0.1, -0.05) is 13.8 Å². The number of carboxylic acids is 1. The lowest BCUT2D eigenvalue weighted by molar-refractivity contribution is 0.0687. The van der Waals surface area contributed by atoms with Crippen LogP contribution in [-0.4, -0.2) is 20.5 Å². The Morgan fingerprint density at radius 2 is 2.18 bits per heavy atom. The van der Waals surface area contributed by atoms with Crippen LogP contribution in [0.3, 0.4) is 0 Å². The monoisotopic (exact) mass is 296 g/mol. The Kier molecular flexibility index (Phi) is 2.95. The van der Waals surface area contributed by atoms with E-state index >= 15 is 0 Å². The van der Waals surface area contributed by atoms with Crippen LogP contribution in [0.15, 0.2) is 16.7 Å². The number of carboxylic acid groups (broad SMARTS) is 1. The zero-order chi connectivity index (χ0) is 12.7. The first-order valence-electron chi connectivity index (χ1n) is 5.33. The number of aromatic carboxylic acids is 1. The van der Waals surface area contributed by atoms with Crippen molar-refractivity contribution in [3.8, 4) is 0 Å². The van der Waals surface area contributed by atoms with Gasteiger partial charge < -0.3 is 5.11 Å². The van der Waals surface area contributed by atoms with Crippen LogP contribution < -0.4 is 0 Å². The Morgan fingerprint density at radius 1 is 1.53 bits per heavy atom. The third-order valence-electron chi connectivity index (χ3n) is 2.65. The minimum Gasteiger partial charge on any atom is -0.477 e. The van der Waals surface area contributed by atoms with E-state index in [0.717, 1.165) is 10.0 Å². The zero-order valence-corrected chi connectivity index (χ0v) is 11.4. The standard InChI is InChI=1S/C12H13BrN2O2/c1-6(2)9-10(12(16)17)15-5-8(13)4-7(3)11(15)14-9/h4-6H,1-3H3,(H,16,17). The van der Waals surface area contributed by atoms with Crippen molar-refractivity contribution >= 4 is 27.5 Å². The van der Waals surface area contributed by atoms with Gasteiger partial charge in [0.05, 0.1) is 5.69 Å². The van der Waals surface area contributed by atoms with Crippen molar-refractivity contribution in [2.24, 2.45) is 0 Å². The smallest absolute Gasteiger partial charge is 0.354 e. The van der Waals surface area contributed by atoms with Crippen molar-refractivity contribution in [2.45, 2.75) is 26.7 Å². The number of halogens is 1. The van der Waals surface area contributed by atoms with Crippen LogP contribution in [-0.2, 0) is 0 Å². The number of rotatable bonds is 2. The molecule has 5 heteroatoms. The number of aryl methyl sites for hydroxylation is 1. The van der Waals surface area contributed by atoms with Gasteiger partial charge in [0.1, 0.15) is 5.65 Å². The van der Waals surface area contributed by atoms with Gasteiger partial charge in [-0.15, -0.1) is 0 Å². The molecule has 0 saturated carbocycles. The summed E-state index contributed by atoms with van der Waals surface area (Å²) in [6, 6.07) is 1.93. The number of nitrogens with zero attached hydrogens (tertiary/aromatic N) is 2. The third-order valence-corrected chi connectivity index (χ3v) is 3.08. The summed E-state index contributed by atoms with van der Waals surface area (Å²) in [5, 5.41) is 9.31. The fourth-order valence-electron chi connectivity index (χ4n) is 1.90. The summed E-state index contributed by atoms with van der Waals surface area (Å²) >= 11 is 3.37. The molecule has 2 heterocycles. The first kappa shape index (κ1) is 12.1. The van der Waals surface area contributed by atoms with Gasteiger partial charge in [-0.05, 0) is 40.4 Å². The van der Waals surface area contributed by atoms with Crippen LogP contribution in [0.25, 0.3) is 5.65 Å². The van der Waals surface area contributed by atoms with Crippen molar-refractivity contribution in [1.82, 2.24) is 9.38 Å². The molecule has 90 valence electrons. The highest BCUT2D eigenvalue weighted by molar-refractivity contribution is 9.10. The van der Waals surface area contributed by atoms with E-state index in [2.05, 4.69) is 20.9 Å². The SMILES string of the molecule is Cc1cc(Br)cn2c(C(=O)O)c(C(C)C)nc12. The fourth-order valence-corrected chi connectivity index (χ4v) is 2.45. The highest BCUT2D eigenvalue weighted by Crippen LogP contribution is 2.24. The van der Waals surface area contributed by atoms with E-state index in [-0.39, 0.29) is 11.6 Å². The molecule has 2 rings (SSSR count). The molecule has 1 N–H and O–H groups in total. The van der Waals surface area contributed by atoms with Crippen molar-refractivity contribution in [1.29, 1.82) is 0 Å². The number of pyridine rings is 1. The molecule has 0 aliphatic rings. The van der Waals surface area contributed by atoms with E-state index in [0.29, 0.717) is 11.3 Å². The second-order valence-electron chi connectivity index (χ2n) is 4.34. The summed E-state index contributed by atoms with van der Waals surface area (Å²) in [6.45, 7) is 5.81. The van der Waals surface area contributed by atoms with E-state index in [1.165, 1.54) is 0 Å². The molecule has 17 heavy (non-hydrogen) atoms. The van der Waals surface area contributed by atoms with Crippen LogP contribution in [0.2, 0.25) is 0 Å². The Balaban J connectivity index is 2.90. The lowest BCUT2D eigenvalue weighted by Gasteiger charge is -2.03. The van der Waals surface area contributed by atoms with Gasteiger partial charge in [-0.2, -0.15) is 0 Å². The molecule has 0 saturated heterocycles. The molecule has 2 aromatic heterocycles. The second-order valence-corrected chi connectivity index (χ2v) is 5.26. The topological polar surface area (TPSA) is 54.6 Å². The molecule has 2 aromatic rings. The van der Waals surface area contributed by atoms with Crippen molar-refractivity contribution in [3.63, 3.8) is 0 Å². The van der Waals surface area contributed by atoms with Crippen LogP contribution in [0.5, 0.6) is 0 Å². The van der Waals surface area contributed by atoms with Crippen molar-refractivity contribution in [3.05, 3.63) is 33.7 Å². The lowest BCUT2D eigenvalue weighted by Crippen LogP contribution is -2.06. The van der Waals surface area contributed by atoms with Gasteiger partial charge in [0.15, 0.2) is 5.69 Å². The molecular weight excluding hydrogens is 284 g/mol. The summed E-state index contributed by atoms with van der Waals surface area (Å²) in [5.74, 6) is -0.863. The number of aromatic nitrogens is 2. The largest absolute Gasteiger partial charge is 0.477 e. The second kappa shape index (κ2) is 4.14. The lowest BCUT2D eigenvalue weighted by atomic mass is 10.1. The Hall–Kier alpha value is -1.36. The van der Waals surface area contributed by atoms with Gasteiger partial charge in [-0.3, -0.25) is 4.40 Å². The normalized spacial score (nSPS) is 11.4. The van der Waals surface area contributed by atoms with Crippen molar-refractivity contribution in [2.75, 3.05) is 0 Å². The first-order valence-corrected chi connectivity index (χ1v) is 6.12. The number of fused-ring (bicyclic) bond motifs is 1. The van der Waals surface area contributed by atoms with Gasteiger partial charge >= 0.3 is 5.97 Å². The number of imidazole rings is 1. The van der Waals surface area contributed by atoms with Crippen LogP contribution in [0.4, 0.5) is 0 Å². The molecule has 0 radical (unpaired) electrons. The molecule has 0 fully saturated rings. The van der Waals surface area contributed by atoms with Crippen LogP contribution >= 0.6 is 15.9 Å². The number of carbonyl (C=O) groups is 1. The summed E-state index contributed by atoms with van der Waals surface area (Å²) in [6.07, 6.45) is 1.74. The minimum absolute atomic E-state index is 0.0826. The summed E-state index contributed by atoms with van der Waals surface area (Å²) in [7, 11) is 0. The molecule has 0 unspecified atom stereocenters. The summed E-state index contributed by atoms with van der Waals surface area (Å²) in [5.41, 5.74) is 2.53. The quantitative estimate of drug-likeness (QED) is 0.926. The predicted molar refractivity (Wildman–Crippen MR) is 68.7 cm³/mol. The van der Waals surface area contributed by atoms with Gasteiger partial charge in [0.2, 0.25) is 0 Å². The minimum atomic E-state index is -0.946. The molecule has 0 atom stereocenters. The third kappa shape index (κ3) is 1.95. The van der Waals surface area contributed by atoms with Crippen molar-refractivity contribution < 1.29 is 9.90 Å². The number of hydrogen-bond acceptors (Lipinski definition) is 2. The molecular formula is C12H13BrN2O2. The highest BCUT2D eigenvalue weighted by Gasteiger charge is 2.21. The summed E-state index contributed by atoms with van der Waals surface area (Å²) in [4.78, 5) is 15.8. The van der Waals surface area contributed by atoms with E-state index in [9.17, 15) is 9.90 Å². The van der Waals surface area contributed by atoms with E-state index < -0.39 is 5.97 Å². The van der Waals surface area contributed by atoms with E-state index in [1.54, 1.807) is 10.6 Å². The molecule has 0 amide bonds. The molecule has 4 nitrogen and oxygen atoms in total. The number of hydrogen-bond donors (Lipinski definition) is 1. The predicted octanol–water partition coefficient (Wildman–Crippen LogP) is 3.23. The van der Waals surface area contributed by atoms with Crippen LogP contribution in [0.1, 0.15) is 41.5 Å². The molecule has 0 aliphatic heterocycles. The maximum atomic E-state index is 11.3. The average molecular weight is 297 g/mol. The molecule has 0 aromatic carbocycles. The van der Waals surface area contributed by atoms with Crippen LogP contribution in [0, 0.1) is 6.92 Å². The van der Waals surface area contributed by atoms with E-state index in [1.807, 2.05) is 26.8 Å². The molecule has 0 bridgehead atoms. The average Bonchev–Trinajstić information content (AvgIpc) is 2.56. The van der Waals surface area contributed by atoms with Gasteiger partial charge in [-0.25, -0.2) is 9.78 Å². The maximum Gasteiger partial charge on any atom is 0.354 e. The fraction of sp³-hybridized carbons (Fsp3) is 0.333. The Bertz CT molecular complexity index is 602. The van der Waals surface area contributed by atoms with Gasteiger partial charge in [0.25, 0.3) is 0 Å². The zero-order valence-electron chi connectivity index (χ0n) is 9.86. The highest BCUT2D eigenvalue weighted by atomic mass is 79.9. The molecule has 0 aliphatic carbocycles. The van der Waals surface area contributed by atoms with Gasteiger partial charge in [0, 0.05) is 10.7 Å². The Labute approximate surface area is 107 Å². The summed E-state index contributed by atoms with van der Waals surface area (Å²) < 4.78 is 2.48.